The van der Waals surface area contributed by atoms with Gasteiger partial charge >= 0.3 is 0 Å². The molecule has 0 spiro atoms. The van der Waals surface area contributed by atoms with Gasteiger partial charge in [0.15, 0.2) is 11.0 Å². The van der Waals surface area contributed by atoms with Gasteiger partial charge in [0.05, 0.1) is 12.9 Å². The van der Waals surface area contributed by atoms with Crippen LogP contribution in [0, 0.1) is 11.3 Å². The SMILES string of the molecule is COc1ccc(-c2nnc(SCC(=O)C(C)(C)C)n2[C@@H]2CCCC[C@H]2C)cc1. The average molecular weight is 402 g/mol. The Morgan fingerprint density at radius 1 is 1.18 bits per heavy atom. The van der Waals surface area contributed by atoms with Crippen LogP contribution < -0.4 is 4.74 Å². The fourth-order valence-corrected chi connectivity index (χ4v) is 4.79. The fourth-order valence-electron chi connectivity index (χ4n) is 3.64. The Kier molecular flexibility index (Phi) is 6.48. The van der Waals surface area contributed by atoms with E-state index in [-0.39, 0.29) is 11.2 Å². The first kappa shape index (κ1) is 20.9. The largest absolute Gasteiger partial charge is 0.497 e. The van der Waals surface area contributed by atoms with Crippen molar-refractivity contribution in [3.05, 3.63) is 24.3 Å². The van der Waals surface area contributed by atoms with Gasteiger partial charge < -0.3 is 4.74 Å². The molecule has 0 bridgehead atoms. The first-order chi connectivity index (χ1) is 13.3. The van der Waals surface area contributed by atoms with E-state index in [9.17, 15) is 4.79 Å². The van der Waals surface area contributed by atoms with E-state index < -0.39 is 0 Å². The summed E-state index contributed by atoms with van der Waals surface area (Å²) in [6.45, 7) is 8.21. The second-order valence-electron chi connectivity index (χ2n) is 8.70. The van der Waals surface area contributed by atoms with Gasteiger partial charge in [-0.3, -0.25) is 9.36 Å². The van der Waals surface area contributed by atoms with Gasteiger partial charge in [0.2, 0.25) is 0 Å². The van der Waals surface area contributed by atoms with E-state index in [1.807, 2.05) is 45.0 Å². The second kappa shape index (κ2) is 8.68. The number of thioether (sulfide) groups is 1. The molecule has 2 aromatic rings. The highest BCUT2D eigenvalue weighted by Gasteiger charge is 2.29. The standard InChI is InChI=1S/C22H31N3O2S/c1-15-8-6-7-9-18(15)25-20(16-10-12-17(27-5)13-11-16)23-24-21(25)28-14-19(26)22(2,3)4/h10-13,15,18H,6-9,14H2,1-5H3/t15-,18-/m1/s1. The van der Waals surface area contributed by atoms with Crippen LogP contribution in [0.5, 0.6) is 5.75 Å². The predicted octanol–water partition coefficient (Wildman–Crippen LogP) is 5.41. The van der Waals surface area contributed by atoms with Gasteiger partial charge in [-0.05, 0) is 43.0 Å². The Hall–Kier alpha value is -1.82. The summed E-state index contributed by atoms with van der Waals surface area (Å²) in [6.07, 6.45) is 4.85. The number of carbonyl (C=O) groups excluding carboxylic acids is 1. The van der Waals surface area contributed by atoms with Gasteiger partial charge in [-0.25, -0.2) is 0 Å². The number of benzene rings is 1. The van der Waals surface area contributed by atoms with Crippen molar-refractivity contribution in [2.24, 2.45) is 11.3 Å². The molecule has 1 heterocycles. The van der Waals surface area contributed by atoms with Crippen molar-refractivity contribution in [2.45, 2.75) is 64.6 Å². The molecule has 1 fully saturated rings. The Bertz CT molecular complexity index is 808. The number of ketones is 1. The number of Topliss-reactive ketones (excluding diaryl/α,β-unsaturated/α-hetero) is 1. The summed E-state index contributed by atoms with van der Waals surface area (Å²) < 4.78 is 7.57. The van der Waals surface area contributed by atoms with Crippen LogP contribution in [0.3, 0.4) is 0 Å². The average Bonchev–Trinajstić information content (AvgIpc) is 3.09. The summed E-state index contributed by atoms with van der Waals surface area (Å²) in [4.78, 5) is 12.4. The van der Waals surface area contributed by atoms with Crippen LogP contribution in [0.1, 0.15) is 59.4 Å². The number of rotatable bonds is 6. The number of methoxy groups -OCH3 is 1. The summed E-state index contributed by atoms with van der Waals surface area (Å²) in [6, 6.07) is 8.33. The summed E-state index contributed by atoms with van der Waals surface area (Å²) in [5.41, 5.74) is 0.689. The Labute approximate surface area is 172 Å². The fraction of sp³-hybridized carbons (Fsp3) is 0.591. The molecule has 0 amide bonds. The van der Waals surface area contributed by atoms with E-state index >= 15 is 0 Å². The van der Waals surface area contributed by atoms with Gasteiger partial charge in [-0.2, -0.15) is 0 Å². The van der Waals surface area contributed by atoms with Crippen LogP contribution in [-0.4, -0.2) is 33.4 Å². The topological polar surface area (TPSA) is 57.0 Å². The highest BCUT2D eigenvalue weighted by Crippen LogP contribution is 2.39. The molecule has 0 unspecified atom stereocenters. The third-order valence-electron chi connectivity index (χ3n) is 5.58. The molecule has 28 heavy (non-hydrogen) atoms. The third-order valence-corrected chi connectivity index (χ3v) is 6.52. The molecule has 1 aromatic carbocycles. The number of ether oxygens (including phenoxy) is 1. The molecular formula is C22H31N3O2S. The maximum atomic E-state index is 12.4. The van der Waals surface area contributed by atoms with Gasteiger partial charge in [0.25, 0.3) is 0 Å². The van der Waals surface area contributed by atoms with E-state index in [0.29, 0.717) is 17.7 Å². The van der Waals surface area contributed by atoms with E-state index in [2.05, 4.69) is 21.7 Å². The lowest BCUT2D eigenvalue weighted by molar-refractivity contribution is -0.123. The first-order valence-electron chi connectivity index (χ1n) is 10.1. The molecule has 0 N–H and O–H groups in total. The maximum Gasteiger partial charge on any atom is 0.192 e. The van der Waals surface area contributed by atoms with Crippen LogP contribution in [0.2, 0.25) is 0 Å². The quantitative estimate of drug-likeness (QED) is 0.606. The lowest BCUT2D eigenvalue weighted by Gasteiger charge is -2.31. The van der Waals surface area contributed by atoms with E-state index in [4.69, 9.17) is 4.74 Å². The normalized spacial score (nSPS) is 20.2. The van der Waals surface area contributed by atoms with Crippen molar-refractivity contribution in [3.63, 3.8) is 0 Å². The minimum absolute atomic E-state index is 0.231. The van der Waals surface area contributed by atoms with Gasteiger partial charge in [-0.15, -0.1) is 10.2 Å². The van der Waals surface area contributed by atoms with Gasteiger partial charge in [0, 0.05) is 17.0 Å². The molecule has 1 aliphatic carbocycles. The summed E-state index contributed by atoms with van der Waals surface area (Å²) in [5.74, 6) is 2.93. The molecule has 0 saturated heterocycles. The Morgan fingerprint density at radius 3 is 2.46 bits per heavy atom. The van der Waals surface area contributed by atoms with Crippen molar-refractivity contribution in [3.8, 4) is 17.1 Å². The monoisotopic (exact) mass is 401 g/mol. The van der Waals surface area contributed by atoms with Crippen LogP contribution in [0.4, 0.5) is 0 Å². The highest BCUT2D eigenvalue weighted by atomic mass is 32.2. The number of hydrogen-bond donors (Lipinski definition) is 0. The molecule has 152 valence electrons. The van der Waals surface area contributed by atoms with Crippen LogP contribution in [0.25, 0.3) is 11.4 Å². The molecule has 6 heteroatoms. The summed E-state index contributed by atoms with van der Waals surface area (Å²) in [5, 5.41) is 9.87. The Balaban J connectivity index is 1.95. The van der Waals surface area contributed by atoms with Crippen molar-refractivity contribution in [1.82, 2.24) is 14.8 Å². The zero-order chi connectivity index (χ0) is 20.3. The number of carbonyl (C=O) groups is 1. The smallest absolute Gasteiger partial charge is 0.192 e. The molecule has 1 aromatic heterocycles. The molecule has 1 aliphatic rings. The lowest BCUT2D eigenvalue weighted by atomic mass is 9.85. The first-order valence-corrected chi connectivity index (χ1v) is 11.0. The minimum Gasteiger partial charge on any atom is -0.497 e. The van der Waals surface area contributed by atoms with E-state index in [1.165, 1.54) is 31.0 Å². The number of hydrogen-bond acceptors (Lipinski definition) is 5. The highest BCUT2D eigenvalue weighted by molar-refractivity contribution is 7.99. The second-order valence-corrected chi connectivity index (χ2v) is 9.64. The van der Waals surface area contributed by atoms with Crippen LogP contribution in [0.15, 0.2) is 29.4 Å². The number of aromatic nitrogens is 3. The van der Waals surface area contributed by atoms with Crippen molar-refractivity contribution >= 4 is 17.5 Å². The molecule has 0 aliphatic heterocycles. The van der Waals surface area contributed by atoms with Crippen LogP contribution >= 0.6 is 11.8 Å². The summed E-state index contributed by atoms with van der Waals surface area (Å²) >= 11 is 1.52. The molecule has 5 nitrogen and oxygen atoms in total. The molecule has 0 radical (unpaired) electrons. The number of nitrogens with zero attached hydrogens (tertiary/aromatic N) is 3. The third kappa shape index (κ3) is 4.59. The zero-order valence-electron chi connectivity index (χ0n) is 17.6. The summed E-state index contributed by atoms with van der Waals surface area (Å²) in [7, 11) is 1.67. The zero-order valence-corrected chi connectivity index (χ0v) is 18.4. The molecular weight excluding hydrogens is 370 g/mol. The molecule has 2 atom stereocenters. The van der Waals surface area contributed by atoms with Crippen molar-refractivity contribution < 1.29 is 9.53 Å². The predicted molar refractivity (Wildman–Crippen MR) is 114 cm³/mol. The van der Waals surface area contributed by atoms with Crippen LogP contribution in [-0.2, 0) is 4.79 Å². The Morgan fingerprint density at radius 2 is 1.86 bits per heavy atom. The van der Waals surface area contributed by atoms with E-state index in [0.717, 1.165) is 28.7 Å². The molecule has 1 saturated carbocycles. The lowest BCUT2D eigenvalue weighted by Crippen LogP contribution is -2.24. The van der Waals surface area contributed by atoms with Crippen molar-refractivity contribution in [2.75, 3.05) is 12.9 Å². The maximum absolute atomic E-state index is 12.4. The van der Waals surface area contributed by atoms with Gasteiger partial charge in [-0.1, -0.05) is 52.3 Å². The van der Waals surface area contributed by atoms with Crippen molar-refractivity contribution in [1.29, 1.82) is 0 Å². The van der Waals surface area contributed by atoms with Gasteiger partial charge in [0.1, 0.15) is 11.5 Å². The minimum atomic E-state index is -0.338. The van der Waals surface area contributed by atoms with E-state index in [1.54, 1.807) is 7.11 Å². The molecule has 3 rings (SSSR count).